The van der Waals surface area contributed by atoms with Crippen LogP contribution in [-0.2, 0) is 0 Å². The second-order valence-electron chi connectivity index (χ2n) is 5.49. The summed E-state index contributed by atoms with van der Waals surface area (Å²) in [5.74, 6) is 0. The summed E-state index contributed by atoms with van der Waals surface area (Å²) in [5, 5.41) is 8.69. The fraction of sp³-hybridized carbons (Fsp3) is 1.00. The van der Waals surface area contributed by atoms with Crippen molar-refractivity contribution < 1.29 is 5.11 Å². The van der Waals surface area contributed by atoms with Gasteiger partial charge in [-0.3, -0.25) is 4.90 Å². The number of hydrogen-bond donors (Lipinski definition) is 1. The number of likely N-dealkylation sites (N-methyl/N-ethyl adjacent to an activating group) is 1. The average molecular weight is 271 g/mol. The molecule has 114 valence electrons. The first kappa shape index (κ1) is 16.9. The second-order valence-corrected chi connectivity index (χ2v) is 5.49. The Morgan fingerprint density at radius 1 is 0.684 bits per heavy atom. The van der Waals surface area contributed by atoms with Crippen molar-refractivity contribution in [2.24, 2.45) is 0 Å². The van der Waals surface area contributed by atoms with E-state index < -0.39 is 0 Å². The third kappa shape index (κ3) is 7.25. The summed E-state index contributed by atoms with van der Waals surface area (Å²) in [6, 6.07) is 0. The summed E-state index contributed by atoms with van der Waals surface area (Å²) in [7, 11) is 0. The Hall–Kier alpha value is -0.160. The van der Waals surface area contributed by atoms with Gasteiger partial charge in [0, 0.05) is 32.7 Å². The van der Waals surface area contributed by atoms with Crippen LogP contribution in [0.15, 0.2) is 0 Å². The van der Waals surface area contributed by atoms with Crippen LogP contribution in [0.3, 0.4) is 0 Å². The molecule has 2 fully saturated rings. The van der Waals surface area contributed by atoms with E-state index in [1.807, 2.05) is 0 Å². The number of hydrogen-bond acceptors (Lipinski definition) is 4. The maximum absolute atomic E-state index is 8.69. The van der Waals surface area contributed by atoms with Crippen LogP contribution in [0.4, 0.5) is 0 Å². The van der Waals surface area contributed by atoms with Crippen LogP contribution in [0, 0.1) is 0 Å². The third-order valence-corrected chi connectivity index (χ3v) is 4.22. The van der Waals surface area contributed by atoms with Crippen LogP contribution in [0.5, 0.6) is 0 Å². The summed E-state index contributed by atoms with van der Waals surface area (Å²) >= 11 is 0. The van der Waals surface area contributed by atoms with E-state index in [0.29, 0.717) is 6.61 Å². The first-order valence-electron chi connectivity index (χ1n) is 8.08. The molecule has 0 radical (unpaired) electrons. The normalized spacial score (nSPS) is 22.9. The highest BCUT2D eigenvalue weighted by molar-refractivity contribution is 4.70. The molecule has 0 aromatic heterocycles. The van der Waals surface area contributed by atoms with Crippen molar-refractivity contribution in [3.8, 4) is 0 Å². The van der Waals surface area contributed by atoms with Crippen molar-refractivity contribution in [3.05, 3.63) is 0 Å². The van der Waals surface area contributed by atoms with Crippen LogP contribution >= 0.6 is 0 Å². The molecular formula is C15H33N3O. The fourth-order valence-electron chi connectivity index (χ4n) is 2.75. The Morgan fingerprint density at radius 2 is 1.16 bits per heavy atom. The van der Waals surface area contributed by atoms with Crippen LogP contribution < -0.4 is 0 Å². The van der Waals surface area contributed by atoms with Gasteiger partial charge in [-0.2, -0.15) is 0 Å². The second kappa shape index (κ2) is 10.6. The van der Waals surface area contributed by atoms with Crippen molar-refractivity contribution in [1.82, 2.24) is 14.7 Å². The maximum atomic E-state index is 8.69. The largest absolute Gasteiger partial charge is 0.395 e. The first-order valence-corrected chi connectivity index (χ1v) is 8.08. The lowest BCUT2D eigenvalue weighted by atomic mass is 10.1. The molecule has 2 heterocycles. The van der Waals surface area contributed by atoms with Gasteiger partial charge in [-0.15, -0.1) is 0 Å². The molecule has 0 aromatic rings. The van der Waals surface area contributed by atoms with E-state index >= 15 is 0 Å². The molecule has 2 aliphatic rings. The van der Waals surface area contributed by atoms with Crippen LogP contribution in [0.25, 0.3) is 0 Å². The van der Waals surface area contributed by atoms with Crippen molar-refractivity contribution in [2.45, 2.75) is 33.1 Å². The number of likely N-dealkylation sites (tertiary alicyclic amines) is 1. The molecule has 2 aliphatic heterocycles. The van der Waals surface area contributed by atoms with Gasteiger partial charge in [-0.05, 0) is 39.0 Å². The molecule has 0 spiro atoms. The maximum Gasteiger partial charge on any atom is 0.0558 e. The van der Waals surface area contributed by atoms with Gasteiger partial charge in [-0.1, -0.05) is 20.3 Å². The van der Waals surface area contributed by atoms with Crippen LogP contribution in [0.1, 0.15) is 33.1 Å². The molecular weight excluding hydrogens is 238 g/mol. The van der Waals surface area contributed by atoms with Gasteiger partial charge in [0.15, 0.2) is 0 Å². The van der Waals surface area contributed by atoms with Gasteiger partial charge in [0.1, 0.15) is 0 Å². The zero-order valence-electron chi connectivity index (χ0n) is 13.0. The number of piperazine rings is 1. The van der Waals surface area contributed by atoms with Gasteiger partial charge < -0.3 is 14.9 Å². The van der Waals surface area contributed by atoms with Crippen molar-refractivity contribution in [3.63, 3.8) is 0 Å². The fourth-order valence-corrected chi connectivity index (χ4v) is 2.75. The van der Waals surface area contributed by atoms with E-state index in [2.05, 4.69) is 28.5 Å². The van der Waals surface area contributed by atoms with E-state index in [9.17, 15) is 0 Å². The molecule has 0 aliphatic carbocycles. The highest BCUT2D eigenvalue weighted by Gasteiger charge is 2.13. The number of aliphatic hydroxyl groups is 1. The lowest BCUT2D eigenvalue weighted by Gasteiger charge is -2.33. The molecule has 0 atom stereocenters. The smallest absolute Gasteiger partial charge is 0.0558 e. The zero-order valence-corrected chi connectivity index (χ0v) is 13.0. The molecule has 4 heteroatoms. The molecule has 0 amide bonds. The van der Waals surface area contributed by atoms with Crippen LogP contribution in [-0.4, -0.2) is 85.3 Å². The van der Waals surface area contributed by atoms with E-state index in [4.69, 9.17) is 5.11 Å². The lowest BCUT2D eigenvalue weighted by molar-refractivity contribution is 0.116. The Balaban J connectivity index is 0.000000200. The van der Waals surface area contributed by atoms with Crippen LogP contribution in [0.2, 0.25) is 0 Å². The third-order valence-electron chi connectivity index (χ3n) is 4.22. The van der Waals surface area contributed by atoms with E-state index in [-0.39, 0.29) is 0 Å². The number of β-amino-alcohol motifs (C(OH)–C–C–N with tert-alkyl or cyclic N) is 1. The summed E-state index contributed by atoms with van der Waals surface area (Å²) in [4.78, 5) is 7.27. The molecule has 0 saturated carbocycles. The van der Waals surface area contributed by atoms with E-state index in [1.54, 1.807) is 0 Å². The number of nitrogens with zero attached hydrogens (tertiary/aromatic N) is 3. The molecule has 0 bridgehead atoms. The first-order chi connectivity index (χ1) is 9.30. The van der Waals surface area contributed by atoms with Crippen molar-refractivity contribution in [2.75, 3.05) is 65.5 Å². The molecule has 4 nitrogen and oxygen atoms in total. The van der Waals surface area contributed by atoms with Crippen molar-refractivity contribution in [1.29, 1.82) is 0 Å². The molecule has 0 aromatic carbocycles. The van der Waals surface area contributed by atoms with Gasteiger partial charge >= 0.3 is 0 Å². The predicted octanol–water partition coefficient (Wildman–Crippen LogP) is 1.11. The molecule has 0 unspecified atom stereocenters. The summed E-state index contributed by atoms with van der Waals surface area (Å²) in [6.07, 6.45) is 4.30. The Bertz CT molecular complexity index is 200. The van der Waals surface area contributed by atoms with Gasteiger partial charge in [-0.25, -0.2) is 0 Å². The molecule has 19 heavy (non-hydrogen) atoms. The van der Waals surface area contributed by atoms with Gasteiger partial charge in [0.05, 0.1) is 6.61 Å². The highest BCUT2D eigenvalue weighted by atomic mass is 16.3. The Labute approximate surface area is 119 Å². The minimum atomic E-state index is 0.298. The van der Waals surface area contributed by atoms with Crippen molar-refractivity contribution >= 4 is 0 Å². The summed E-state index contributed by atoms with van der Waals surface area (Å²) < 4.78 is 0. The topological polar surface area (TPSA) is 30.0 Å². The van der Waals surface area contributed by atoms with E-state index in [1.165, 1.54) is 38.9 Å². The number of aliphatic hydroxyl groups excluding tert-OH is 1. The number of piperidine rings is 1. The average Bonchev–Trinajstić information content (AvgIpc) is 2.50. The monoisotopic (exact) mass is 271 g/mol. The highest BCUT2D eigenvalue weighted by Crippen LogP contribution is 2.06. The van der Waals surface area contributed by atoms with E-state index in [0.717, 1.165) is 39.3 Å². The standard InChI is InChI=1S/C8H18N2O.C7H15N/c1-2-9-3-5-10(6-4-9)7-8-11;1-2-8-6-4-3-5-7-8/h11H,2-8H2,1H3;2-7H2,1H3. The Morgan fingerprint density at radius 3 is 1.58 bits per heavy atom. The Kier molecular flexibility index (Phi) is 9.43. The quantitative estimate of drug-likeness (QED) is 0.829. The zero-order chi connectivity index (χ0) is 13.9. The molecule has 2 rings (SSSR count). The lowest BCUT2D eigenvalue weighted by Crippen LogP contribution is -2.46. The SMILES string of the molecule is CCN1CCCCC1.CCN1CCN(CCO)CC1. The summed E-state index contributed by atoms with van der Waals surface area (Å²) in [5.41, 5.74) is 0. The summed E-state index contributed by atoms with van der Waals surface area (Å²) in [6.45, 7) is 15.2. The van der Waals surface area contributed by atoms with Gasteiger partial charge in [0.2, 0.25) is 0 Å². The molecule has 1 N–H and O–H groups in total. The predicted molar refractivity (Wildman–Crippen MR) is 81.6 cm³/mol. The van der Waals surface area contributed by atoms with Gasteiger partial charge in [0.25, 0.3) is 0 Å². The minimum absolute atomic E-state index is 0.298. The minimum Gasteiger partial charge on any atom is -0.395 e. The molecule has 2 saturated heterocycles. The number of rotatable bonds is 4.